The van der Waals surface area contributed by atoms with E-state index in [0.717, 1.165) is 27.4 Å². The summed E-state index contributed by atoms with van der Waals surface area (Å²) in [5.41, 5.74) is 2.94. The lowest BCUT2D eigenvalue weighted by molar-refractivity contribution is 0.355. The maximum atomic E-state index is 14.3. The van der Waals surface area contributed by atoms with Crippen LogP contribution in [-0.4, -0.2) is 47.6 Å². The first-order valence-electron chi connectivity index (χ1n) is 12.8. The van der Waals surface area contributed by atoms with Gasteiger partial charge in [-0.05, 0) is 47.3 Å². The Morgan fingerprint density at radius 3 is 2.10 bits per heavy atom. The summed E-state index contributed by atoms with van der Waals surface area (Å²) in [4.78, 5) is 14.3. The molecule has 0 radical (unpaired) electrons. The van der Waals surface area contributed by atoms with E-state index in [2.05, 4.69) is 6.58 Å². The van der Waals surface area contributed by atoms with Gasteiger partial charge in [-0.15, -0.1) is 6.58 Å². The molecule has 0 aliphatic carbocycles. The molecule has 0 aliphatic heterocycles. The van der Waals surface area contributed by atoms with Gasteiger partial charge in [0, 0.05) is 40.5 Å². The standard InChI is InChI=1S/C32H28N2O7/c1-6-10-33-21-16-23(36)26(40-4)15-20(21)29-28(18-7-8-24(38-2)27(13-18)41-5)30-19-14-25(39-3)22(35)12-17(19)9-11-34(30)31(29)32(33)37/h6-9,11-16,35-36H,1,10H2,2-5H3. The number of fused-ring (bicyclic) bond motifs is 7. The van der Waals surface area contributed by atoms with Crippen LogP contribution >= 0.6 is 0 Å². The molecule has 0 unspecified atom stereocenters. The average molecular weight is 553 g/mol. The zero-order valence-corrected chi connectivity index (χ0v) is 23.0. The van der Waals surface area contributed by atoms with Crippen molar-refractivity contribution in [3.63, 3.8) is 0 Å². The second-order valence-electron chi connectivity index (χ2n) is 9.56. The zero-order chi connectivity index (χ0) is 29.0. The maximum Gasteiger partial charge on any atom is 0.276 e. The molecule has 3 heterocycles. The third-order valence-corrected chi connectivity index (χ3v) is 7.50. The van der Waals surface area contributed by atoms with Gasteiger partial charge in [-0.25, -0.2) is 0 Å². The van der Waals surface area contributed by atoms with Crippen molar-refractivity contribution >= 4 is 38.1 Å². The largest absolute Gasteiger partial charge is 0.504 e. The maximum absolute atomic E-state index is 14.3. The fourth-order valence-electron chi connectivity index (χ4n) is 5.69. The minimum Gasteiger partial charge on any atom is -0.504 e. The molecule has 6 aromatic rings. The average Bonchev–Trinajstić information content (AvgIpc) is 3.34. The Kier molecular flexibility index (Phi) is 6.14. The first-order valence-corrected chi connectivity index (χ1v) is 12.8. The van der Waals surface area contributed by atoms with E-state index in [4.69, 9.17) is 18.9 Å². The Labute approximate surface area is 234 Å². The number of benzene rings is 3. The minimum atomic E-state index is -0.260. The summed E-state index contributed by atoms with van der Waals surface area (Å²) < 4.78 is 25.5. The topological polar surface area (TPSA) is 104 Å². The minimum absolute atomic E-state index is 0.00660. The van der Waals surface area contributed by atoms with Gasteiger partial charge < -0.3 is 38.1 Å². The number of phenols is 2. The number of pyridine rings is 2. The molecule has 3 aromatic carbocycles. The number of phenolic OH excluding ortho intramolecular Hbond substituents is 2. The highest BCUT2D eigenvalue weighted by Crippen LogP contribution is 2.46. The summed E-state index contributed by atoms with van der Waals surface area (Å²) in [6.45, 7) is 4.07. The summed E-state index contributed by atoms with van der Waals surface area (Å²) in [6.07, 6.45) is 3.46. The van der Waals surface area contributed by atoms with Crippen molar-refractivity contribution in [3.05, 3.63) is 77.7 Å². The van der Waals surface area contributed by atoms with Crippen LogP contribution in [0.4, 0.5) is 0 Å². The van der Waals surface area contributed by atoms with Gasteiger partial charge >= 0.3 is 0 Å². The lowest BCUT2D eigenvalue weighted by atomic mass is 9.97. The number of nitrogens with zero attached hydrogens (tertiary/aromatic N) is 2. The molecule has 0 amide bonds. The number of hydrogen-bond donors (Lipinski definition) is 2. The molecule has 0 bridgehead atoms. The van der Waals surface area contributed by atoms with Crippen LogP contribution in [0, 0.1) is 0 Å². The van der Waals surface area contributed by atoms with E-state index >= 15 is 0 Å². The summed E-state index contributed by atoms with van der Waals surface area (Å²) in [6, 6.07) is 14.1. The number of ether oxygens (including phenoxy) is 4. The summed E-state index contributed by atoms with van der Waals surface area (Å²) >= 11 is 0. The van der Waals surface area contributed by atoms with Crippen LogP contribution in [0.25, 0.3) is 49.2 Å². The molecule has 0 saturated heterocycles. The van der Waals surface area contributed by atoms with Crippen LogP contribution in [0.5, 0.6) is 34.5 Å². The van der Waals surface area contributed by atoms with Crippen molar-refractivity contribution in [2.45, 2.75) is 6.54 Å². The van der Waals surface area contributed by atoms with Gasteiger partial charge in [-0.3, -0.25) is 4.79 Å². The molecule has 0 saturated carbocycles. The highest BCUT2D eigenvalue weighted by Gasteiger charge is 2.25. The van der Waals surface area contributed by atoms with Crippen molar-refractivity contribution in [2.24, 2.45) is 0 Å². The fraction of sp³-hybridized carbons (Fsp3) is 0.156. The summed E-state index contributed by atoms with van der Waals surface area (Å²) in [5.74, 6) is 1.57. The van der Waals surface area contributed by atoms with E-state index < -0.39 is 0 Å². The zero-order valence-electron chi connectivity index (χ0n) is 23.0. The summed E-state index contributed by atoms with van der Waals surface area (Å²) in [7, 11) is 6.11. The normalized spacial score (nSPS) is 11.4. The van der Waals surface area contributed by atoms with Gasteiger partial charge in [0.1, 0.15) is 5.52 Å². The molecule has 0 spiro atoms. The molecule has 0 atom stereocenters. The van der Waals surface area contributed by atoms with Crippen LogP contribution in [0.1, 0.15) is 0 Å². The smallest absolute Gasteiger partial charge is 0.276 e. The van der Waals surface area contributed by atoms with E-state index in [0.29, 0.717) is 39.1 Å². The van der Waals surface area contributed by atoms with E-state index in [1.807, 2.05) is 34.9 Å². The lowest BCUT2D eigenvalue weighted by Gasteiger charge is -2.14. The first kappa shape index (κ1) is 25.9. The molecule has 2 N–H and O–H groups in total. The van der Waals surface area contributed by atoms with Crippen molar-refractivity contribution in [2.75, 3.05) is 28.4 Å². The Bertz CT molecular complexity index is 2090. The SMILES string of the molecule is C=CCn1c(=O)c2c(c(-c3ccc(OC)c(OC)c3)c3c4cc(OC)c(O)cc4ccn32)c2cc(OC)c(O)cc21. The third kappa shape index (κ3) is 3.73. The van der Waals surface area contributed by atoms with Gasteiger partial charge in [-0.1, -0.05) is 12.1 Å². The number of aromatic nitrogens is 2. The molecule has 9 nitrogen and oxygen atoms in total. The molecule has 41 heavy (non-hydrogen) atoms. The molecule has 208 valence electrons. The fourth-order valence-corrected chi connectivity index (χ4v) is 5.69. The number of hydrogen-bond acceptors (Lipinski definition) is 7. The summed E-state index contributed by atoms with van der Waals surface area (Å²) in [5, 5.41) is 24.1. The molecule has 9 heteroatoms. The van der Waals surface area contributed by atoms with Crippen LogP contribution in [0.3, 0.4) is 0 Å². The van der Waals surface area contributed by atoms with E-state index in [-0.39, 0.29) is 29.4 Å². The van der Waals surface area contributed by atoms with Crippen molar-refractivity contribution < 1.29 is 29.2 Å². The first-order chi connectivity index (χ1) is 19.9. The van der Waals surface area contributed by atoms with Gasteiger partial charge in [0.2, 0.25) is 0 Å². The predicted molar refractivity (Wildman–Crippen MR) is 159 cm³/mol. The van der Waals surface area contributed by atoms with Crippen LogP contribution < -0.4 is 24.5 Å². The Hall–Kier alpha value is -5.31. The van der Waals surface area contributed by atoms with Crippen molar-refractivity contribution in [3.8, 4) is 45.6 Å². The van der Waals surface area contributed by atoms with E-state index in [1.54, 1.807) is 49.1 Å². The molecular weight excluding hydrogens is 524 g/mol. The van der Waals surface area contributed by atoms with Gasteiger partial charge in [0.05, 0.1) is 39.5 Å². The molecular formula is C32H28N2O7. The molecule has 6 rings (SSSR count). The number of aromatic hydroxyl groups is 2. The Balaban J connectivity index is 1.95. The molecule has 0 fully saturated rings. The number of allylic oxidation sites excluding steroid dienone is 1. The number of methoxy groups -OCH3 is 4. The van der Waals surface area contributed by atoms with Crippen LogP contribution in [0.2, 0.25) is 0 Å². The van der Waals surface area contributed by atoms with Crippen molar-refractivity contribution in [1.29, 1.82) is 0 Å². The van der Waals surface area contributed by atoms with Crippen LogP contribution in [0.15, 0.2) is 72.2 Å². The Morgan fingerprint density at radius 1 is 0.780 bits per heavy atom. The van der Waals surface area contributed by atoms with E-state index in [9.17, 15) is 15.0 Å². The Morgan fingerprint density at radius 2 is 1.44 bits per heavy atom. The quantitative estimate of drug-likeness (QED) is 0.239. The second-order valence-corrected chi connectivity index (χ2v) is 9.56. The lowest BCUT2D eigenvalue weighted by Crippen LogP contribution is -2.21. The predicted octanol–water partition coefficient (Wildman–Crippen LogP) is 5.86. The highest BCUT2D eigenvalue weighted by molar-refractivity contribution is 6.22. The van der Waals surface area contributed by atoms with Crippen LogP contribution in [-0.2, 0) is 6.54 Å². The highest BCUT2D eigenvalue weighted by atomic mass is 16.5. The number of rotatable bonds is 7. The molecule has 3 aromatic heterocycles. The van der Waals surface area contributed by atoms with Gasteiger partial charge in [0.25, 0.3) is 5.56 Å². The van der Waals surface area contributed by atoms with Gasteiger partial charge in [-0.2, -0.15) is 0 Å². The van der Waals surface area contributed by atoms with E-state index in [1.165, 1.54) is 14.2 Å². The van der Waals surface area contributed by atoms with Crippen molar-refractivity contribution in [1.82, 2.24) is 8.97 Å². The second kappa shape index (κ2) is 9.71. The molecule has 0 aliphatic rings. The third-order valence-electron chi connectivity index (χ3n) is 7.50. The van der Waals surface area contributed by atoms with Gasteiger partial charge in [0.15, 0.2) is 34.5 Å². The monoisotopic (exact) mass is 552 g/mol.